The van der Waals surface area contributed by atoms with Crippen LogP contribution in [0.3, 0.4) is 0 Å². The molecule has 198 valence electrons. The molecular weight excluding hydrogens is 491 g/mol. The van der Waals surface area contributed by atoms with Gasteiger partial charge in [-0.3, -0.25) is 0 Å². The second kappa shape index (κ2) is 12.4. The highest BCUT2D eigenvalue weighted by molar-refractivity contribution is 5.91. The van der Waals surface area contributed by atoms with Crippen molar-refractivity contribution < 1.29 is 50.4 Å². The normalized spacial score (nSPS) is 14.7. The molecule has 2 aromatic carbocycles. The minimum Gasteiger partial charge on any atom is -0.494 e. The number of alkyl halides is 3. The third-order valence-electron chi connectivity index (χ3n) is 5.67. The summed E-state index contributed by atoms with van der Waals surface area (Å²) in [6, 6.07) is 6.71. The van der Waals surface area contributed by atoms with E-state index in [-0.39, 0.29) is 11.0 Å². The van der Waals surface area contributed by atoms with Crippen LogP contribution in [0, 0.1) is 17.0 Å². The number of benzene rings is 2. The summed E-state index contributed by atoms with van der Waals surface area (Å²) in [6.45, 7) is 5.54. The van der Waals surface area contributed by atoms with Crippen molar-refractivity contribution >= 4 is 5.97 Å². The molecule has 1 aliphatic rings. The monoisotopic (exact) mass is 518 g/mol. The van der Waals surface area contributed by atoms with Gasteiger partial charge in [0, 0.05) is 24.2 Å². The first-order valence-corrected chi connectivity index (χ1v) is 11.5. The van der Waals surface area contributed by atoms with Crippen molar-refractivity contribution in [2.24, 2.45) is 5.41 Å². The van der Waals surface area contributed by atoms with E-state index in [4.69, 9.17) is 18.9 Å². The number of hydrogen-bond donors (Lipinski definition) is 0. The third kappa shape index (κ3) is 8.06. The number of carbonyl (C=O) groups excluding carboxylic acids is 1. The Balaban J connectivity index is 1.37. The molecule has 0 N–H and O–H groups in total. The summed E-state index contributed by atoms with van der Waals surface area (Å²) in [5, 5.41) is 0. The highest BCUT2D eigenvalue weighted by Crippen LogP contribution is 2.32. The van der Waals surface area contributed by atoms with Gasteiger partial charge in [-0.25, -0.2) is 13.6 Å². The molecule has 1 fully saturated rings. The summed E-state index contributed by atoms with van der Waals surface area (Å²) < 4.78 is 89.0. The Labute approximate surface area is 205 Å². The standard InChI is InChI=1S/C25H27F5O6/c1-2-24(15-33-16-24)14-32-10-4-3-5-11-34-18-8-6-17(7-9-18)23(31)35-19-12-20(26)22(21(27)13-19)36-25(28,29)30/h6-9,12-13H,2-5,10-11,14-16H2,1H3. The van der Waals surface area contributed by atoms with Crippen LogP contribution in [-0.2, 0) is 9.47 Å². The van der Waals surface area contributed by atoms with E-state index in [0.717, 1.165) is 45.5 Å². The number of halogens is 5. The molecule has 2 aromatic rings. The first-order valence-electron chi connectivity index (χ1n) is 11.5. The van der Waals surface area contributed by atoms with Crippen LogP contribution < -0.4 is 14.2 Å². The maximum Gasteiger partial charge on any atom is 0.573 e. The molecule has 0 bridgehead atoms. The molecule has 36 heavy (non-hydrogen) atoms. The first kappa shape index (κ1) is 27.7. The second-order valence-electron chi connectivity index (χ2n) is 8.49. The number of esters is 1. The lowest BCUT2D eigenvalue weighted by Crippen LogP contribution is -2.45. The van der Waals surface area contributed by atoms with Crippen LogP contribution in [0.15, 0.2) is 36.4 Å². The van der Waals surface area contributed by atoms with Gasteiger partial charge >= 0.3 is 12.3 Å². The molecule has 0 aliphatic carbocycles. The Morgan fingerprint density at radius 2 is 1.61 bits per heavy atom. The van der Waals surface area contributed by atoms with Crippen LogP contribution in [-0.4, -0.2) is 45.4 Å². The zero-order valence-electron chi connectivity index (χ0n) is 19.7. The van der Waals surface area contributed by atoms with Gasteiger partial charge in [0.25, 0.3) is 0 Å². The molecule has 0 unspecified atom stereocenters. The van der Waals surface area contributed by atoms with E-state index in [1.807, 2.05) is 0 Å². The van der Waals surface area contributed by atoms with E-state index >= 15 is 0 Å². The summed E-state index contributed by atoms with van der Waals surface area (Å²) in [6.07, 6.45) is -1.57. The molecule has 11 heteroatoms. The van der Waals surface area contributed by atoms with Gasteiger partial charge in [-0.15, -0.1) is 13.2 Å². The molecule has 0 saturated carbocycles. The number of rotatable bonds is 13. The zero-order chi connectivity index (χ0) is 26.2. The lowest BCUT2D eigenvalue weighted by Gasteiger charge is -2.40. The summed E-state index contributed by atoms with van der Waals surface area (Å²) in [7, 11) is 0. The first-order chi connectivity index (χ1) is 17.1. The SMILES string of the molecule is CCC1(COCCCCCOc2ccc(C(=O)Oc3cc(F)c(OC(F)(F)F)c(F)c3)cc2)COC1. The topological polar surface area (TPSA) is 63.2 Å². The third-order valence-corrected chi connectivity index (χ3v) is 5.67. The molecule has 1 saturated heterocycles. The highest BCUT2D eigenvalue weighted by Gasteiger charge is 2.37. The molecule has 1 aliphatic heterocycles. The van der Waals surface area contributed by atoms with Gasteiger partial charge in [0.1, 0.15) is 11.5 Å². The summed E-state index contributed by atoms with van der Waals surface area (Å²) >= 11 is 0. The van der Waals surface area contributed by atoms with Crippen molar-refractivity contribution in [3.05, 3.63) is 53.6 Å². The van der Waals surface area contributed by atoms with E-state index in [9.17, 15) is 26.7 Å². The molecule has 1 heterocycles. The van der Waals surface area contributed by atoms with Crippen LogP contribution in [0.5, 0.6) is 17.2 Å². The molecule has 3 rings (SSSR count). The fourth-order valence-electron chi connectivity index (χ4n) is 3.40. The minimum atomic E-state index is -5.28. The summed E-state index contributed by atoms with van der Waals surface area (Å²) in [5.74, 6) is -6.01. The average molecular weight is 518 g/mol. The molecule has 0 aromatic heterocycles. The smallest absolute Gasteiger partial charge is 0.494 e. The van der Waals surface area contributed by atoms with Crippen molar-refractivity contribution in [2.75, 3.05) is 33.0 Å². The number of hydrogen-bond acceptors (Lipinski definition) is 6. The number of carbonyl (C=O) groups is 1. The van der Waals surface area contributed by atoms with Crippen molar-refractivity contribution in [3.63, 3.8) is 0 Å². The van der Waals surface area contributed by atoms with Crippen LogP contribution in [0.1, 0.15) is 43.0 Å². The Hall–Kier alpha value is -2.92. The average Bonchev–Trinajstić information content (AvgIpc) is 2.79. The second-order valence-corrected chi connectivity index (χ2v) is 8.49. The molecule has 0 radical (unpaired) electrons. The van der Waals surface area contributed by atoms with E-state index in [2.05, 4.69) is 11.7 Å². The fraction of sp³-hybridized carbons (Fsp3) is 0.480. The molecule has 0 spiro atoms. The van der Waals surface area contributed by atoms with Crippen LogP contribution in [0.25, 0.3) is 0 Å². The Bertz CT molecular complexity index is 976. The summed E-state index contributed by atoms with van der Waals surface area (Å²) in [5.41, 5.74) is 0.238. The van der Waals surface area contributed by atoms with Crippen LogP contribution in [0.2, 0.25) is 0 Å². The van der Waals surface area contributed by atoms with E-state index in [1.165, 1.54) is 24.3 Å². The molecular formula is C25H27F5O6. The van der Waals surface area contributed by atoms with Gasteiger partial charge in [-0.2, -0.15) is 0 Å². The van der Waals surface area contributed by atoms with Gasteiger partial charge in [0.2, 0.25) is 5.75 Å². The lowest BCUT2D eigenvalue weighted by atomic mass is 9.84. The van der Waals surface area contributed by atoms with Crippen LogP contribution in [0.4, 0.5) is 22.0 Å². The van der Waals surface area contributed by atoms with Gasteiger partial charge in [-0.1, -0.05) is 6.92 Å². The maximum atomic E-state index is 13.8. The molecule has 0 atom stereocenters. The summed E-state index contributed by atoms with van der Waals surface area (Å²) in [4.78, 5) is 12.2. The fourth-order valence-corrected chi connectivity index (χ4v) is 3.40. The van der Waals surface area contributed by atoms with Crippen molar-refractivity contribution in [3.8, 4) is 17.2 Å². The Kier molecular flexibility index (Phi) is 9.49. The Morgan fingerprint density at radius 1 is 0.972 bits per heavy atom. The predicted octanol–water partition coefficient (Wildman–Crippen LogP) is 6.07. The van der Waals surface area contributed by atoms with Crippen molar-refractivity contribution in [1.82, 2.24) is 0 Å². The van der Waals surface area contributed by atoms with Gasteiger partial charge in [0.05, 0.1) is 32.0 Å². The van der Waals surface area contributed by atoms with Crippen molar-refractivity contribution in [2.45, 2.75) is 39.0 Å². The lowest BCUT2D eigenvalue weighted by molar-refractivity contribution is -0.276. The van der Waals surface area contributed by atoms with Crippen molar-refractivity contribution in [1.29, 1.82) is 0 Å². The largest absolute Gasteiger partial charge is 0.573 e. The molecule has 6 nitrogen and oxygen atoms in total. The van der Waals surface area contributed by atoms with Gasteiger partial charge < -0.3 is 23.7 Å². The molecule has 0 amide bonds. The quantitative estimate of drug-likeness (QED) is 0.139. The highest BCUT2D eigenvalue weighted by atomic mass is 19.4. The number of unbranched alkanes of at least 4 members (excludes halogenated alkanes) is 2. The van der Waals surface area contributed by atoms with Gasteiger partial charge in [0.15, 0.2) is 11.6 Å². The minimum absolute atomic E-state index is 0.0534. The van der Waals surface area contributed by atoms with Gasteiger partial charge in [-0.05, 0) is 49.9 Å². The predicted molar refractivity (Wildman–Crippen MR) is 118 cm³/mol. The van der Waals surface area contributed by atoms with E-state index < -0.39 is 35.5 Å². The Morgan fingerprint density at radius 3 is 2.17 bits per heavy atom. The van der Waals surface area contributed by atoms with E-state index in [1.54, 1.807) is 0 Å². The van der Waals surface area contributed by atoms with Crippen LogP contribution >= 0.6 is 0 Å². The number of ether oxygens (including phenoxy) is 5. The maximum absolute atomic E-state index is 13.8. The zero-order valence-corrected chi connectivity index (χ0v) is 19.7. The van der Waals surface area contributed by atoms with E-state index in [0.29, 0.717) is 31.1 Å².